The number of nitrogens with two attached hydrogens (primary N) is 1. The van der Waals surface area contributed by atoms with Gasteiger partial charge in [-0.3, -0.25) is 0 Å². The molecule has 3 N–H and O–H groups in total. The van der Waals surface area contributed by atoms with E-state index in [4.69, 9.17) is 19.9 Å². The van der Waals surface area contributed by atoms with Crippen molar-refractivity contribution in [2.75, 3.05) is 28.4 Å². The number of ether oxygens (including phenoxy) is 3. The number of hydrogen-bond donors (Lipinski definition) is 2. The second kappa shape index (κ2) is 5.27. The van der Waals surface area contributed by atoms with Crippen LogP contribution in [0.5, 0.6) is 17.2 Å². The third-order valence-corrected chi connectivity index (χ3v) is 3.71. The molecule has 1 aromatic carbocycles. The summed E-state index contributed by atoms with van der Waals surface area (Å²) >= 11 is 0. The smallest absolute Gasteiger partial charge is 0.203 e. The van der Waals surface area contributed by atoms with Crippen LogP contribution in [-0.2, 0) is 0 Å². The fraction of sp³-hybridized carbons (Fsp3) is 0.571. The fourth-order valence-electron chi connectivity index (χ4n) is 2.49. The van der Waals surface area contributed by atoms with Crippen LogP contribution in [0.4, 0.5) is 0 Å². The molecule has 1 aliphatic rings. The van der Waals surface area contributed by atoms with Gasteiger partial charge in [0.15, 0.2) is 11.5 Å². The molecule has 0 heterocycles. The van der Waals surface area contributed by atoms with Crippen molar-refractivity contribution in [1.29, 1.82) is 0 Å². The van der Waals surface area contributed by atoms with Crippen LogP contribution in [0.2, 0.25) is 0 Å². The number of benzene rings is 1. The SMILES string of the molecule is CNC(c1cc(OC)c(OC)c(OC)c1)C1(N)CC1. The van der Waals surface area contributed by atoms with Crippen LogP contribution in [0.3, 0.4) is 0 Å². The quantitative estimate of drug-likeness (QED) is 0.816. The van der Waals surface area contributed by atoms with Gasteiger partial charge >= 0.3 is 0 Å². The Morgan fingerprint density at radius 3 is 1.95 bits per heavy atom. The minimum Gasteiger partial charge on any atom is -0.493 e. The normalized spacial score (nSPS) is 17.7. The monoisotopic (exact) mass is 266 g/mol. The Morgan fingerprint density at radius 1 is 1.11 bits per heavy atom. The summed E-state index contributed by atoms with van der Waals surface area (Å²) in [5.74, 6) is 1.91. The molecule has 106 valence electrons. The zero-order chi connectivity index (χ0) is 14.0. The van der Waals surface area contributed by atoms with E-state index >= 15 is 0 Å². The first-order valence-electron chi connectivity index (χ1n) is 6.35. The van der Waals surface area contributed by atoms with Gasteiger partial charge in [-0.15, -0.1) is 0 Å². The highest BCUT2D eigenvalue weighted by Crippen LogP contribution is 2.47. The van der Waals surface area contributed by atoms with E-state index in [9.17, 15) is 0 Å². The summed E-state index contributed by atoms with van der Waals surface area (Å²) < 4.78 is 16.1. The molecule has 5 heteroatoms. The highest BCUT2D eigenvalue weighted by atomic mass is 16.5. The molecule has 19 heavy (non-hydrogen) atoms. The number of likely N-dealkylation sites (N-methyl/N-ethyl adjacent to an activating group) is 1. The number of hydrogen-bond acceptors (Lipinski definition) is 5. The lowest BCUT2D eigenvalue weighted by molar-refractivity contribution is 0.322. The molecule has 0 spiro atoms. The lowest BCUT2D eigenvalue weighted by Gasteiger charge is -2.25. The molecular formula is C14H22N2O3. The van der Waals surface area contributed by atoms with Crippen LogP contribution < -0.4 is 25.3 Å². The van der Waals surface area contributed by atoms with Crippen LogP contribution in [0, 0.1) is 0 Å². The average Bonchev–Trinajstić information content (AvgIpc) is 3.16. The molecule has 0 aliphatic heterocycles. The number of rotatable bonds is 6. The topological polar surface area (TPSA) is 65.7 Å². The van der Waals surface area contributed by atoms with Gasteiger partial charge in [0.1, 0.15) is 0 Å². The highest BCUT2D eigenvalue weighted by Gasteiger charge is 2.46. The molecule has 2 rings (SSSR count). The van der Waals surface area contributed by atoms with Crippen LogP contribution in [0.15, 0.2) is 12.1 Å². The van der Waals surface area contributed by atoms with Crippen molar-refractivity contribution < 1.29 is 14.2 Å². The molecule has 5 nitrogen and oxygen atoms in total. The van der Waals surface area contributed by atoms with Gasteiger partial charge in [-0.25, -0.2) is 0 Å². The zero-order valence-corrected chi connectivity index (χ0v) is 11.9. The summed E-state index contributed by atoms with van der Waals surface area (Å²) in [5.41, 5.74) is 7.20. The van der Waals surface area contributed by atoms with E-state index < -0.39 is 0 Å². The van der Waals surface area contributed by atoms with Gasteiger partial charge in [0.25, 0.3) is 0 Å². The molecule has 1 aromatic rings. The fourth-order valence-corrected chi connectivity index (χ4v) is 2.49. The molecule has 1 aliphatic carbocycles. The Kier molecular flexibility index (Phi) is 3.87. The first-order chi connectivity index (χ1) is 9.09. The van der Waals surface area contributed by atoms with Gasteiger partial charge < -0.3 is 25.3 Å². The van der Waals surface area contributed by atoms with Crippen LogP contribution in [0.25, 0.3) is 0 Å². The summed E-state index contributed by atoms with van der Waals surface area (Å²) in [7, 11) is 6.75. The van der Waals surface area contributed by atoms with E-state index in [0.29, 0.717) is 17.2 Å². The van der Waals surface area contributed by atoms with Crippen molar-refractivity contribution in [3.63, 3.8) is 0 Å². The standard InChI is InChI=1S/C14H22N2O3/c1-16-13(14(15)5-6-14)9-7-10(17-2)12(19-4)11(8-9)18-3/h7-8,13,16H,5-6,15H2,1-4H3. The van der Waals surface area contributed by atoms with Gasteiger partial charge in [0.05, 0.1) is 27.4 Å². The average molecular weight is 266 g/mol. The molecule has 1 atom stereocenters. The maximum absolute atomic E-state index is 6.31. The molecule has 0 radical (unpaired) electrons. The minimum atomic E-state index is -0.167. The molecule has 0 bridgehead atoms. The summed E-state index contributed by atoms with van der Waals surface area (Å²) in [4.78, 5) is 0. The van der Waals surface area contributed by atoms with Crippen LogP contribution >= 0.6 is 0 Å². The van der Waals surface area contributed by atoms with Gasteiger partial charge in [0.2, 0.25) is 5.75 Å². The molecular weight excluding hydrogens is 244 g/mol. The Hall–Kier alpha value is -1.46. The summed E-state index contributed by atoms with van der Waals surface area (Å²) in [6.45, 7) is 0. The summed E-state index contributed by atoms with van der Waals surface area (Å²) in [6.07, 6.45) is 2.05. The molecule has 0 saturated heterocycles. The van der Waals surface area contributed by atoms with Crippen molar-refractivity contribution >= 4 is 0 Å². The Labute approximate surface area is 114 Å². The van der Waals surface area contributed by atoms with Crippen molar-refractivity contribution in [3.8, 4) is 17.2 Å². The van der Waals surface area contributed by atoms with E-state index in [1.807, 2.05) is 19.2 Å². The first kappa shape index (κ1) is 14.0. The first-order valence-corrected chi connectivity index (χ1v) is 6.35. The van der Waals surface area contributed by atoms with E-state index in [2.05, 4.69) is 5.32 Å². The van der Waals surface area contributed by atoms with E-state index in [1.54, 1.807) is 21.3 Å². The lowest BCUT2D eigenvalue weighted by atomic mass is 9.97. The molecule has 0 amide bonds. The summed E-state index contributed by atoms with van der Waals surface area (Å²) in [5, 5.41) is 3.28. The largest absolute Gasteiger partial charge is 0.493 e. The predicted molar refractivity (Wildman–Crippen MR) is 74.1 cm³/mol. The van der Waals surface area contributed by atoms with Crippen molar-refractivity contribution in [1.82, 2.24) is 5.32 Å². The molecule has 1 saturated carbocycles. The van der Waals surface area contributed by atoms with Gasteiger partial charge in [0, 0.05) is 5.54 Å². The third kappa shape index (κ3) is 2.48. The predicted octanol–water partition coefficient (Wildman–Crippen LogP) is 1.46. The van der Waals surface area contributed by atoms with Crippen molar-refractivity contribution in [2.24, 2.45) is 5.73 Å². The zero-order valence-electron chi connectivity index (χ0n) is 11.9. The second-order valence-corrected chi connectivity index (χ2v) is 4.91. The number of nitrogens with one attached hydrogen (secondary N) is 1. The Morgan fingerprint density at radius 2 is 1.63 bits per heavy atom. The van der Waals surface area contributed by atoms with E-state index in [-0.39, 0.29) is 11.6 Å². The number of methoxy groups -OCH3 is 3. The van der Waals surface area contributed by atoms with Crippen molar-refractivity contribution in [3.05, 3.63) is 17.7 Å². The molecule has 1 unspecified atom stereocenters. The van der Waals surface area contributed by atoms with Gasteiger partial charge in [-0.1, -0.05) is 0 Å². The second-order valence-electron chi connectivity index (χ2n) is 4.91. The Bertz CT molecular complexity index is 433. The minimum absolute atomic E-state index is 0.0845. The molecule has 1 fully saturated rings. The van der Waals surface area contributed by atoms with Gasteiger partial charge in [-0.2, -0.15) is 0 Å². The van der Waals surface area contributed by atoms with E-state index in [1.165, 1.54) is 0 Å². The van der Waals surface area contributed by atoms with E-state index in [0.717, 1.165) is 18.4 Å². The maximum Gasteiger partial charge on any atom is 0.203 e. The third-order valence-electron chi connectivity index (χ3n) is 3.71. The van der Waals surface area contributed by atoms with Gasteiger partial charge in [-0.05, 0) is 37.6 Å². The highest BCUT2D eigenvalue weighted by molar-refractivity contribution is 5.55. The van der Waals surface area contributed by atoms with Crippen LogP contribution in [-0.4, -0.2) is 33.9 Å². The lowest BCUT2D eigenvalue weighted by Crippen LogP contribution is -2.38. The maximum atomic E-state index is 6.31. The van der Waals surface area contributed by atoms with Crippen LogP contribution in [0.1, 0.15) is 24.4 Å². The molecule has 0 aromatic heterocycles. The Balaban J connectivity index is 2.46. The summed E-state index contributed by atoms with van der Waals surface area (Å²) in [6, 6.07) is 3.99. The van der Waals surface area contributed by atoms with Crippen molar-refractivity contribution in [2.45, 2.75) is 24.4 Å².